The van der Waals surface area contributed by atoms with Crippen LogP contribution in [0.4, 0.5) is 0 Å². The number of nitrogens with one attached hydrogen (secondary N) is 1. The van der Waals surface area contributed by atoms with Crippen molar-refractivity contribution in [3.05, 3.63) is 83.5 Å². The van der Waals surface area contributed by atoms with Crippen molar-refractivity contribution in [2.75, 3.05) is 20.9 Å². The molecule has 0 aromatic heterocycles. The van der Waals surface area contributed by atoms with Crippen molar-refractivity contribution in [2.24, 2.45) is 5.92 Å². The van der Waals surface area contributed by atoms with E-state index in [1.165, 1.54) is 4.90 Å². The van der Waals surface area contributed by atoms with Crippen molar-refractivity contribution in [1.82, 2.24) is 10.2 Å². The van der Waals surface area contributed by atoms with Gasteiger partial charge in [0.05, 0.1) is 5.41 Å². The molecule has 5 rings (SSSR count). The summed E-state index contributed by atoms with van der Waals surface area (Å²) in [5, 5.41) is 13.2. The summed E-state index contributed by atoms with van der Waals surface area (Å²) < 4.78 is 10.9. The first-order valence-electron chi connectivity index (χ1n) is 11.4. The molecule has 2 aliphatic carbocycles. The summed E-state index contributed by atoms with van der Waals surface area (Å²) in [5.74, 6) is -1.27. The Morgan fingerprint density at radius 3 is 2.31 bits per heavy atom. The van der Waals surface area contributed by atoms with Gasteiger partial charge in [-0.3, -0.25) is 14.4 Å². The average Bonchev–Trinajstić information content (AvgIpc) is 3.54. The molecule has 1 saturated carbocycles. The van der Waals surface area contributed by atoms with Crippen LogP contribution in [0.3, 0.4) is 0 Å². The molecule has 2 aromatic carbocycles. The molecular formula is C27H26N2O6. The molecule has 35 heavy (non-hydrogen) atoms. The van der Waals surface area contributed by atoms with Gasteiger partial charge in [0.15, 0.2) is 11.5 Å². The van der Waals surface area contributed by atoms with Gasteiger partial charge in [0.25, 0.3) is 5.91 Å². The molecule has 8 nitrogen and oxygen atoms in total. The molecule has 3 aliphatic rings. The third kappa shape index (κ3) is 3.75. The van der Waals surface area contributed by atoms with Gasteiger partial charge in [-0.05, 0) is 48.2 Å². The normalized spacial score (nSPS) is 23.0. The standard InChI is InChI=1S/C27H26N2O6/c1-29(2)23(30)17-6-8-18(9-7-17)27(12-4-3-5-20(27)24(31)32)28-25(33)26(13-14-26)19-10-11-21-22(15-19)35-16-34-21/h3-12,15,20H,13-14,16H2,1-2H3,(H,28,33)(H,31,32). The van der Waals surface area contributed by atoms with Crippen LogP contribution in [-0.4, -0.2) is 48.7 Å². The number of aliphatic carboxylic acids is 1. The highest BCUT2D eigenvalue weighted by Crippen LogP contribution is 2.51. The number of nitrogens with zero attached hydrogens (tertiary/aromatic N) is 1. The molecule has 1 heterocycles. The molecule has 1 fully saturated rings. The van der Waals surface area contributed by atoms with E-state index in [1.807, 2.05) is 12.1 Å². The number of benzene rings is 2. The van der Waals surface area contributed by atoms with Gasteiger partial charge in [0.1, 0.15) is 11.5 Å². The fraction of sp³-hybridized carbons (Fsp3) is 0.296. The highest BCUT2D eigenvalue weighted by Gasteiger charge is 2.55. The third-order valence-corrected chi connectivity index (χ3v) is 6.98. The number of rotatable bonds is 6. The molecule has 8 heteroatoms. The summed E-state index contributed by atoms with van der Waals surface area (Å²) in [4.78, 5) is 40.0. The maximum atomic E-state index is 13.8. The Morgan fingerprint density at radius 1 is 0.971 bits per heavy atom. The lowest BCUT2D eigenvalue weighted by atomic mass is 9.74. The van der Waals surface area contributed by atoms with E-state index in [0.29, 0.717) is 35.5 Å². The Morgan fingerprint density at radius 2 is 1.66 bits per heavy atom. The summed E-state index contributed by atoms with van der Waals surface area (Å²) in [7, 11) is 3.33. The lowest BCUT2D eigenvalue weighted by Crippen LogP contribution is -2.55. The summed E-state index contributed by atoms with van der Waals surface area (Å²) >= 11 is 0. The van der Waals surface area contributed by atoms with Crippen LogP contribution in [-0.2, 0) is 20.5 Å². The van der Waals surface area contributed by atoms with Gasteiger partial charge in [-0.15, -0.1) is 0 Å². The van der Waals surface area contributed by atoms with Crippen molar-refractivity contribution in [2.45, 2.75) is 23.8 Å². The van der Waals surface area contributed by atoms with Crippen molar-refractivity contribution in [3.8, 4) is 11.5 Å². The minimum absolute atomic E-state index is 0.144. The van der Waals surface area contributed by atoms with Crippen LogP contribution in [0.1, 0.15) is 34.3 Å². The number of carbonyl (C=O) groups excluding carboxylic acids is 2. The molecule has 0 saturated heterocycles. The zero-order valence-electron chi connectivity index (χ0n) is 19.5. The zero-order chi connectivity index (χ0) is 24.8. The molecule has 0 spiro atoms. The maximum absolute atomic E-state index is 13.8. The summed E-state index contributed by atoms with van der Waals surface area (Å²) in [5.41, 5.74) is -0.225. The lowest BCUT2D eigenvalue weighted by molar-refractivity contribution is -0.142. The average molecular weight is 475 g/mol. The van der Waals surface area contributed by atoms with Gasteiger partial charge >= 0.3 is 5.97 Å². The molecule has 0 radical (unpaired) electrons. The van der Waals surface area contributed by atoms with Crippen LogP contribution >= 0.6 is 0 Å². The van der Waals surface area contributed by atoms with Gasteiger partial charge in [-0.1, -0.05) is 42.5 Å². The van der Waals surface area contributed by atoms with Crippen LogP contribution in [0, 0.1) is 5.92 Å². The molecule has 2 unspecified atom stereocenters. The van der Waals surface area contributed by atoms with Crippen LogP contribution < -0.4 is 14.8 Å². The first kappa shape index (κ1) is 22.7. The molecular weight excluding hydrogens is 448 g/mol. The van der Waals surface area contributed by atoms with Gasteiger partial charge in [0, 0.05) is 19.7 Å². The second-order valence-electron chi connectivity index (χ2n) is 9.31. The van der Waals surface area contributed by atoms with Crippen molar-refractivity contribution in [3.63, 3.8) is 0 Å². The fourth-order valence-corrected chi connectivity index (χ4v) is 4.80. The predicted molar refractivity (Wildman–Crippen MR) is 127 cm³/mol. The van der Waals surface area contributed by atoms with Crippen LogP contribution in [0.5, 0.6) is 11.5 Å². The summed E-state index contributed by atoms with van der Waals surface area (Å²) in [6, 6.07) is 12.2. The SMILES string of the molecule is CN(C)C(=O)c1ccc(C2(NC(=O)C3(c4ccc5c(c4)OCO5)CC3)C=CC=CC2C(=O)O)cc1. The molecule has 2 amide bonds. The number of hydrogen-bond acceptors (Lipinski definition) is 5. The van der Waals surface area contributed by atoms with E-state index >= 15 is 0 Å². The van der Waals surface area contributed by atoms with E-state index in [2.05, 4.69) is 5.32 Å². The minimum atomic E-state index is -1.32. The zero-order valence-corrected chi connectivity index (χ0v) is 19.5. The predicted octanol–water partition coefficient (Wildman–Crippen LogP) is 2.99. The Balaban J connectivity index is 1.52. The number of ether oxygens (including phenoxy) is 2. The summed E-state index contributed by atoms with van der Waals surface area (Å²) in [6.45, 7) is 0.144. The van der Waals surface area contributed by atoms with Gasteiger partial charge in [0.2, 0.25) is 12.7 Å². The number of carboxylic acid groups (broad SMARTS) is 1. The molecule has 180 valence electrons. The molecule has 1 aliphatic heterocycles. The van der Waals surface area contributed by atoms with E-state index < -0.39 is 22.8 Å². The minimum Gasteiger partial charge on any atom is -0.481 e. The maximum Gasteiger partial charge on any atom is 0.313 e. The van der Waals surface area contributed by atoms with E-state index in [-0.39, 0.29) is 18.6 Å². The lowest BCUT2D eigenvalue weighted by Gasteiger charge is -2.39. The number of allylic oxidation sites excluding steroid dienone is 2. The largest absolute Gasteiger partial charge is 0.481 e. The van der Waals surface area contributed by atoms with E-state index in [9.17, 15) is 19.5 Å². The first-order chi connectivity index (χ1) is 16.8. The number of fused-ring (bicyclic) bond motifs is 1. The highest BCUT2D eigenvalue weighted by molar-refractivity contribution is 5.95. The number of hydrogen-bond donors (Lipinski definition) is 2. The van der Waals surface area contributed by atoms with Gasteiger partial charge in [-0.2, -0.15) is 0 Å². The Hall–Kier alpha value is -4.07. The number of carbonyl (C=O) groups is 3. The second-order valence-corrected chi connectivity index (χ2v) is 9.31. The van der Waals surface area contributed by atoms with E-state index in [1.54, 1.807) is 68.7 Å². The van der Waals surface area contributed by atoms with Crippen molar-refractivity contribution < 1.29 is 29.0 Å². The summed E-state index contributed by atoms with van der Waals surface area (Å²) in [6.07, 6.45) is 7.96. The molecule has 0 bridgehead atoms. The smallest absolute Gasteiger partial charge is 0.313 e. The van der Waals surface area contributed by atoms with E-state index in [4.69, 9.17) is 9.47 Å². The fourth-order valence-electron chi connectivity index (χ4n) is 4.80. The van der Waals surface area contributed by atoms with Gasteiger partial charge < -0.3 is 24.8 Å². The number of carboxylic acids is 1. The van der Waals surface area contributed by atoms with Crippen LogP contribution in [0.15, 0.2) is 66.8 Å². The van der Waals surface area contributed by atoms with Crippen LogP contribution in [0.25, 0.3) is 0 Å². The molecule has 2 N–H and O–H groups in total. The molecule has 2 aromatic rings. The Bertz CT molecular complexity index is 1260. The number of amides is 2. The quantitative estimate of drug-likeness (QED) is 0.667. The first-order valence-corrected chi connectivity index (χ1v) is 11.4. The van der Waals surface area contributed by atoms with Crippen LogP contribution in [0.2, 0.25) is 0 Å². The molecule has 2 atom stereocenters. The van der Waals surface area contributed by atoms with Crippen molar-refractivity contribution >= 4 is 17.8 Å². The monoisotopic (exact) mass is 474 g/mol. The highest BCUT2D eigenvalue weighted by atomic mass is 16.7. The van der Waals surface area contributed by atoms with Crippen molar-refractivity contribution in [1.29, 1.82) is 0 Å². The topological polar surface area (TPSA) is 105 Å². The van der Waals surface area contributed by atoms with Gasteiger partial charge in [-0.25, -0.2) is 0 Å². The Labute approximate surface area is 202 Å². The Kier molecular flexibility index (Phi) is 5.39. The van der Waals surface area contributed by atoms with E-state index in [0.717, 1.165) is 5.56 Å². The third-order valence-electron chi connectivity index (χ3n) is 6.98. The second kappa shape index (κ2) is 8.30.